The smallest absolute Gasteiger partial charge is 0.275 e. The van der Waals surface area contributed by atoms with Crippen molar-refractivity contribution in [3.63, 3.8) is 0 Å². The van der Waals surface area contributed by atoms with Crippen LogP contribution >= 0.6 is 15.9 Å². The van der Waals surface area contributed by atoms with E-state index in [-0.39, 0.29) is 24.6 Å². The maximum absolute atomic E-state index is 12.3. The number of halogens is 1. The normalized spacial score (nSPS) is 15.9. The third kappa shape index (κ3) is 3.12. The molecule has 2 rings (SSSR count). The maximum Gasteiger partial charge on any atom is 0.275 e. The molecule has 1 aliphatic heterocycles. The van der Waals surface area contributed by atoms with Crippen molar-refractivity contribution in [3.05, 3.63) is 27.7 Å². The van der Waals surface area contributed by atoms with Crippen LogP contribution in [0, 0.1) is 11.3 Å². The van der Waals surface area contributed by atoms with Gasteiger partial charge in [-0.3, -0.25) is 4.79 Å². The molecule has 0 spiro atoms. The van der Waals surface area contributed by atoms with Crippen LogP contribution in [0.2, 0.25) is 0 Å². The fourth-order valence-corrected chi connectivity index (χ4v) is 2.48. The number of nitrogens with zero attached hydrogens (tertiary/aromatic N) is 3. The minimum absolute atomic E-state index is 0.00955. The highest BCUT2D eigenvalue weighted by atomic mass is 79.9. The van der Waals surface area contributed by atoms with Crippen LogP contribution in [0.15, 0.2) is 27.3 Å². The van der Waals surface area contributed by atoms with E-state index in [4.69, 9.17) is 10.00 Å². The van der Waals surface area contributed by atoms with Crippen molar-refractivity contribution < 1.29 is 14.6 Å². The molecule has 0 saturated heterocycles. The Morgan fingerprint density at radius 1 is 1.55 bits per heavy atom. The number of ether oxygens (including phenoxy) is 1. The van der Waals surface area contributed by atoms with Gasteiger partial charge in [-0.2, -0.15) is 10.4 Å². The molecule has 1 N–H and O–H groups in total. The highest BCUT2D eigenvalue weighted by Crippen LogP contribution is 2.34. The first-order valence-electron chi connectivity index (χ1n) is 6.50. The fraction of sp³-hybridized carbons (Fsp3) is 0.267. The second-order valence-corrected chi connectivity index (χ2v) is 5.48. The van der Waals surface area contributed by atoms with Crippen LogP contribution in [0.3, 0.4) is 0 Å². The number of carbonyl (C=O) groups is 1. The molecular weight excluding hydrogens is 350 g/mol. The molecule has 7 heteroatoms. The summed E-state index contributed by atoms with van der Waals surface area (Å²) in [5.74, 6) is 0.0819. The third-order valence-corrected chi connectivity index (χ3v) is 3.85. The lowest BCUT2D eigenvalue weighted by Gasteiger charge is -2.09. The predicted octanol–water partition coefficient (Wildman–Crippen LogP) is 2.68. The number of amides is 1. The monoisotopic (exact) mass is 363 g/mol. The number of benzene rings is 1. The van der Waals surface area contributed by atoms with E-state index < -0.39 is 0 Å². The lowest BCUT2D eigenvalue weighted by atomic mass is 10.1. The molecule has 114 valence electrons. The number of hydrazone groups is 1. The van der Waals surface area contributed by atoms with Gasteiger partial charge in [-0.1, -0.05) is 15.9 Å². The molecule has 0 fully saturated rings. The molecule has 0 aromatic heterocycles. The van der Waals surface area contributed by atoms with Gasteiger partial charge < -0.3 is 9.84 Å². The van der Waals surface area contributed by atoms with Gasteiger partial charge in [-0.15, -0.1) is 0 Å². The maximum atomic E-state index is 12.3. The summed E-state index contributed by atoms with van der Waals surface area (Å²) in [4.78, 5) is 12.3. The molecular formula is C15H14BrN3O3. The Balaban J connectivity index is 2.36. The molecule has 0 radical (unpaired) electrons. The topological polar surface area (TPSA) is 85.9 Å². The van der Waals surface area contributed by atoms with Gasteiger partial charge in [0.05, 0.1) is 37.4 Å². The summed E-state index contributed by atoms with van der Waals surface area (Å²) in [7, 11) is 1.46. The Hall–Kier alpha value is -2.33. The van der Waals surface area contributed by atoms with E-state index in [0.717, 1.165) is 0 Å². The number of phenolic OH excluding ortho intramolecular Hbond substituents is 1. The van der Waals surface area contributed by atoms with E-state index in [1.54, 1.807) is 19.1 Å². The lowest BCUT2D eigenvalue weighted by Crippen LogP contribution is -2.22. The summed E-state index contributed by atoms with van der Waals surface area (Å²) < 4.78 is 5.70. The fourth-order valence-electron chi connectivity index (χ4n) is 2.04. The first kappa shape index (κ1) is 16.0. The molecule has 0 aliphatic carbocycles. The highest BCUT2D eigenvalue weighted by Gasteiger charge is 2.27. The van der Waals surface area contributed by atoms with Gasteiger partial charge in [0.2, 0.25) is 0 Å². The highest BCUT2D eigenvalue weighted by molar-refractivity contribution is 9.10. The molecule has 0 bridgehead atoms. The molecule has 0 atom stereocenters. The van der Waals surface area contributed by atoms with Gasteiger partial charge in [-0.25, -0.2) is 5.01 Å². The Morgan fingerprint density at radius 2 is 2.27 bits per heavy atom. The predicted molar refractivity (Wildman–Crippen MR) is 85.4 cm³/mol. The summed E-state index contributed by atoms with van der Waals surface area (Å²) in [6.45, 7) is 2.01. The van der Waals surface area contributed by atoms with Crippen LogP contribution in [0.5, 0.6) is 11.5 Å². The zero-order chi connectivity index (χ0) is 16.3. The van der Waals surface area contributed by atoms with Crippen LogP contribution in [-0.4, -0.2) is 35.4 Å². The Bertz CT molecular complexity index is 719. The number of phenols is 1. The summed E-state index contributed by atoms with van der Waals surface area (Å²) >= 11 is 3.35. The second-order valence-electron chi connectivity index (χ2n) is 4.63. The largest absolute Gasteiger partial charge is 0.504 e. The molecule has 22 heavy (non-hydrogen) atoms. The van der Waals surface area contributed by atoms with E-state index in [1.165, 1.54) is 18.2 Å². The third-order valence-electron chi connectivity index (χ3n) is 3.16. The van der Waals surface area contributed by atoms with Gasteiger partial charge in [0.15, 0.2) is 11.5 Å². The molecule has 6 nitrogen and oxygen atoms in total. The van der Waals surface area contributed by atoms with Crippen molar-refractivity contribution in [2.45, 2.75) is 13.3 Å². The average molecular weight is 364 g/mol. The van der Waals surface area contributed by atoms with Gasteiger partial charge >= 0.3 is 0 Å². The zero-order valence-corrected chi connectivity index (χ0v) is 13.7. The number of nitriles is 1. The van der Waals surface area contributed by atoms with E-state index in [0.29, 0.717) is 27.1 Å². The molecule has 1 aliphatic rings. The Labute approximate surface area is 136 Å². The summed E-state index contributed by atoms with van der Waals surface area (Å²) in [5, 5.41) is 23.8. The first-order valence-corrected chi connectivity index (χ1v) is 7.29. The Kier molecular flexibility index (Phi) is 4.83. The SMILES string of the molecule is COc1cc(/C=C2/C(=O)N(CCC#N)N=C2C)c(Br)cc1O. The number of carbonyl (C=O) groups excluding carboxylic acids is 1. The van der Waals surface area contributed by atoms with Crippen LogP contribution < -0.4 is 4.74 Å². The average Bonchev–Trinajstić information content (AvgIpc) is 2.75. The summed E-state index contributed by atoms with van der Waals surface area (Å²) in [6.07, 6.45) is 1.91. The molecule has 1 amide bonds. The number of hydrogen-bond donors (Lipinski definition) is 1. The lowest BCUT2D eigenvalue weighted by molar-refractivity contribution is -0.125. The molecule has 0 unspecified atom stereocenters. The van der Waals surface area contributed by atoms with E-state index in [1.807, 2.05) is 6.07 Å². The molecule has 0 saturated carbocycles. The van der Waals surface area contributed by atoms with Crippen LogP contribution in [0.4, 0.5) is 0 Å². The second kappa shape index (κ2) is 6.62. The van der Waals surface area contributed by atoms with E-state index in [9.17, 15) is 9.90 Å². The van der Waals surface area contributed by atoms with Crippen LogP contribution in [0.25, 0.3) is 6.08 Å². The van der Waals surface area contributed by atoms with E-state index in [2.05, 4.69) is 21.0 Å². The number of aromatic hydroxyl groups is 1. The van der Waals surface area contributed by atoms with Crippen molar-refractivity contribution >= 4 is 33.6 Å². The minimum atomic E-state index is -0.244. The number of methoxy groups -OCH3 is 1. The van der Waals surface area contributed by atoms with Crippen LogP contribution in [-0.2, 0) is 4.79 Å². The molecule has 1 aromatic rings. The van der Waals surface area contributed by atoms with Gasteiger partial charge in [0, 0.05) is 4.47 Å². The van der Waals surface area contributed by atoms with Crippen molar-refractivity contribution in [2.75, 3.05) is 13.7 Å². The summed E-state index contributed by atoms with van der Waals surface area (Å²) in [5.41, 5.74) is 1.72. The first-order chi connectivity index (χ1) is 10.5. The Morgan fingerprint density at radius 3 is 2.91 bits per heavy atom. The quantitative estimate of drug-likeness (QED) is 0.833. The van der Waals surface area contributed by atoms with Crippen molar-refractivity contribution in [1.82, 2.24) is 5.01 Å². The van der Waals surface area contributed by atoms with Crippen LogP contribution in [0.1, 0.15) is 18.9 Å². The minimum Gasteiger partial charge on any atom is -0.504 e. The van der Waals surface area contributed by atoms with Crippen molar-refractivity contribution in [3.8, 4) is 17.6 Å². The number of hydrogen-bond acceptors (Lipinski definition) is 5. The van der Waals surface area contributed by atoms with Crippen molar-refractivity contribution in [1.29, 1.82) is 5.26 Å². The molecule has 1 aromatic carbocycles. The standard InChI is InChI=1S/C15H14BrN3O3/c1-9-11(15(21)19(18-9)5-3-4-17)6-10-7-14(22-2)13(20)8-12(10)16/h6-8,20H,3,5H2,1-2H3/b11-6+. The van der Waals surface area contributed by atoms with Gasteiger partial charge in [0.25, 0.3) is 5.91 Å². The molecule has 1 heterocycles. The zero-order valence-electron chi connectivity index (χ0n) is 12.1. The van der Waals surface area contributed by atoms with E-state index >= 15 is 0 Å². The van der Waals surface area contributed by atoms with Gasteiger partial charge in [0.1, 0.15) is 0 Å². The number of rotatable bonds is 4. The van der Waals surface area contributed by atoms with Crippen molar-refractivity contribution in [2.24, 2.45) is 5.10 Å². The summed E-state index contributed by atoms with van der Waals surface area (Å²) in [6, 6.07) is 5.12. The van der Waals surface area contributed by atoms with Gasteiger partial charge in [-0.05, 0) is 30.7 Å².